The molecule has 0 aliphatic rings. The van der Waals surface area contributed by atoms with Gasteiger partial charge in [0.15, 0.2) is 5.65 Å². The van der Waals surface area contributed by atoms with Crippen molar-refractivity contribution in [3.05, 3.63) is 71.9 Å². The van der Waals surface area contributed by atoms with Gasteiger partial charge in [0, 0.05) is 24.8 Å². The van der Waals surface area contributed by atoms with Crippen molar-refractivity contribution in [2.75, 3.05) is 13.2 Å². The van der Waals surface area contributed by atoms with Crippen molar-refractivity contribution in [3.63, 3.8) is 0 Å². The van der Waals surface area contributed by atoms with E-state index in [0.717, 1.165) is 17.7 Å². The molecule has 0 spiro atoms. The Hall–Kier alpha value is -4.66. The van der Waals surface area contributed by atoms with E-state index >= 15 is 0 Å². The highest BCUT2D eigenvalue weighted by Crippen LogP contribution is 2.24. The lowest BCUT2D eigenvalue weighted by Gasteiger charge is -2.20. The van der Waals surface area contributed by atoms with Crippen molar-refractivity contribution in [2.24, 2.45) is 0 Å². The lowest BCUT2D eigenvalue weighted by Crippen LogP contribution is -2.39. The first-order valence-electron chi connectivity index (χ1n) is 12.2. The minimum atomic E-state index is -5.22. The maximum atomic E-state index is 12.8. The number of hydrogen-bond donors (Lipinski definition) is 2. The van der Waals surface area contributed by atoms with E-state index in [9.17, 15) is 35.9 Å². The molecule has 2 heterocycles. The smallest absolute Gasteiger partial charge is 0.490 e. The van der Waals surface area contributed by atoms with Gasteiger partial charge in [-0.05, 0) is 60.5 Å². The molecule has 1 atom stereocenters. The molecule has 42 heavy (non-hydrogen) atoms. The van der Waals surface area contributed by atoms with Crippen molar-refractivity contribution in [1.29, 1.82) is 0 Å². The molecule has 1 unspecified atom stereocenters. The first kappa shape index (κ1) is 30.3. The summed E-state index contributed by atoms with van der Waals surface area (Å²) in [7, 11) is 0. The van der Waals surface area contributed by atoms with Crippen LogP contribution in [0.1, 0.15) is 11.1 Å². The monoisotopic (exact) mass is 596 g/mol. The first-order chi connectivity index (χ1) is 19.8. The van der Waals surface area contributed by atoms with E-state index in [-0.39, 0.29) is 18.8 Å². The van der Waals surface area contributed by atoms with Crippen LogP contribution in [0.2, 0.25) is 0 Å². The van der Waals surface area contributed by atoms with Gasteiger partial charge in [0.2, 0.25) is 0 Å². The van der Waals surface area contributed by atoms with Crippen LogP contribution in [0.25, 0.3) is 22.6 Å². The summed E-state index contributed by atoms with van der Waals surface area (Å²) >= 11 is 0. The minimum Gasteiger partial charge on any atom is -0.490 e. The Labute approximate surface area is 233 Å². The minimum absolute atomic E-state index is 0.0359. The average molecular weight is 596 g/mol. The van der Waals surface area contributed by atoms with Gasteiger partial charge in [-0.3, -0.25) is 0 Å². The highest BCUT2D eigenvalue weighted by Gasteiger charge is 2.42. The highest BCUT2D eigenvalue weighted by molar-refractivity contribution is 5.78. The number of hydrogen-bond acceptors (Lipinski definition) is 8. The summed E-state index contributed by atoms with van der Waals surface area (Å²) in [4.78, 5) is 34.2. The van der Waals surface area contributed by atoms with Crippen LogP contribution >= 0.6 is 0 Å². The number of carbonyl (C=O) groups is 2. The number of pyridine rings is 1. The van der Waals surface area contributed by atoms with Crippen molar-refractivity contribution in [3.8, 4) is 22.9 Å². The van der Waals surface area contributed by atoms with Crippen LogP contribution in [0.3, 0.4) is 0 Å². The second kappa shape index (κ2) is 12.5. The molecular weight excluding hydrogens is 574 g/mol. The van der Waals surface area contributed by atoms with Gasteiger partial charge in [0.1, 0.15) is 35.6 Å². The maximum absolute atomic E-state index is 12.8. The summed E-state index contributed by atoms with van der Waals surface area (Å²) in [5, 5.41) is 2.80. The molecule has 0 radical (unpaired) electrons. The second-order valence-electron chi connectivity index (χ2n) is 8.99. The summed E-state index contributed by atoms with van der Waals surface area (Å²) < 4.78 is 89.7. The Bertz CT molecular complexity index is 1540. The van der Waals surface area contributed by atoms with E-state index in [4.69, 9.17) is 4.74 Å². The molecule has 0 saturated heterocycles. The van der Waals surface area contributed by atoms with E-state index < -0.39 is 37.0 Å². The fourth-order valence-corrected chi connectivity index (χ4v) is 3.60. The SMILES string of the molecule is Cc1cnc2[nH]c(-c3ccc(OCC(CNCc4ccc(OC(=O)C(F)(F)F)cc4)OC(=O)C(F)(F)F)cc3)nc2c1. The molecule has 0 aliphatic heterocycles. The van der Waals surface area contributed by atoms with Crippen LogP contribution < -0.4 is 14.8 Å². The molecule has 2 aromatic heterocycles. The average Bonchev–Trinajstić information content (AvgIpc) is 3.35. The number of imidazole rings is 1. The number of aromatic nitrogens is 3. The highest BCUT2D eigenvalue weighted by atomic mass is 19.4. The van der Waals surface area contributed by atoms with E-state index in [0.29, 0.717) is 33.9 Å². The molecule has 222 valence electrons. The van der Waals surface area contributed by atoms with Crippen LogP contribution in [0.5, 0.6) is 11.5 Å². The largest absolute Gasteiger partial charge is 0.491 e. The predicted molar refractivity (Wildman–Crippen MR) is 135 cm³/mol. The molecule has 9 nitrogen and oxygen atoms in total. The van der Waals surface area contributed by atoms with Gasteiger partial charge in [0.25, 0.3) is 0 Å². The zero-order valence-electron chi connectivity index (χ0n) is 21.7. The number of nitrogens with one attached hydrogen (secondary N) is 2. The summed E-state index contributed by atoms with van der Waals surface area (Å²) in [5.74, 6) is -4.26. The number of ether oxygens (including phenoxy) is 3. The van der Waals surface area contributed by atoms with E-state index in [1.165, 1.54) is 12.1 Å². The van der Waals surface area contributed by atoms with Crippen molar-refractivity contribution >= 4 is 23.1 Å². The van der Waals surface area contributed by atoms with Gasteiger partial charge in [-0.1, -0.05) is 12.1 Å². The molecule has 0 saturated carbocycles. The number of aryl methyl sites for hydroxylation is 1. The third kappa shape index (κ3) is 8.19. The number of rotatable bonds is 10. The Morgan fingerprint density at radius 3 is 2.21 bits per heavy atom. The lowest BCUT2D eigenvalue weighted by atomic mass is 10.2. The van der Waals surface area contributed by atoms with Crippen molar-refractivity contribution in [1.82, 2.24) is 20.3 Å². The molecule has 4 aromatic rings. The Morgan fingerprint density at radius 1 is 0.929 bits per heavy atom. The molecule has 0 amide bonds. The molecule has 2 N–H and O–H groups in total. The van der Waals surface area contributed by atoms with Crippen LogP contribution in [-0.4, -0.2) is 58.5 Å². The van der Waals surface area contributed by atoms with Crippen LogP contribution in [0, 0.1) is 6.92 Å². The summed E-state index contributed by atoms with van der Waals surface area (Å²) in [6, 6.07) is 13.3. The zero-order chi connectivity index (χ0) is 30.5. The van der Waals surface area contributed by atoms with E-state index in [1.807, 2.05) is 13.0 Å². The number of aromatic amines is 1. The van der Waals surface area contributed by atoms with Gasteiger partial charge < -0.3 is 24.5 Å². The van der Waals surface area contributed by atoms with Gasteiger partial charge in [-0.15, -0.1) is 0 Å². The van der Waals surface area contributed by atoms with Gasteiger partial charge in [-0.25, -0.2) is 19.6 Å². The Balaban J connectivity index is 1.34. The first-order valence-corrected chi connectivity index (χ1v) is 12.2. The molecule has 4 rings (SSSR count). The van der Waals surface area contributed by atoms with Crippen LogP contribution in [0.15, 0.2) is 60.8 Å². The number of alkyl halides is 6. The predicted octanol–water partition coefficient (Wildman–Crippen LogP) is 5.04. The van der Waals surface area contributed by atoms with Crippen molar-refractivity contribution in [2.45, 2.75) is 31.9 Å². The van der Waals surface area contributed by atoms with Gasteiger partial charge in [0.05, 0.1) is 0 Å². The fraction of sp³-hybridized carbons (Fsp3) is 0.259. The number of halogens is 6. The number of fused-ring (bicyclic) bond motifs is 1. The zero-order valence-corrected chi connectivity index (χ0v) is 21.7. The third-order valence-corrected chi connectivity index (χ3v) is 5.61. The number of carbonyl (C=O) groups excluding carboxylic acids is 2. The maximum Gasteiger partial charge on any atom is 0.491 e. The number of nitrogens with zero attached hydrogens (tertiary/aromatic N) is 2. The second-order valence-corrected chi connectivity index (χ2v) is 8.99. The summed E-state index contributed by atoms with van der Waals surface area (Å²) in [6.45, 7) is 1.25. The van der Waals surface area contributed by atoms with Crippen LogP contribution in [-0.2, 0) is 20.9 Å². The molecule has 0 fully saturated rings. The quantitative estimate of drug-likeness (QED) is 0.149. The molecule has 0 aliphatic carbocycles. The normalized spacial score (nSPS) is 12.6. The topological polar surface area (TPSA) is 115 Å². The number of esters is 2. The Morgan fingerprint density at radius 2 is 1.57 bits per heavy atom. The van der Waals surface area contributed by atoms with E-state index in [1.54, 1.807) is 30.5 Å². The molecule has 2 aromatic carbocycles. The lowest BCUT2D eigenvalue weighted by molar-refractivity contribution is -0.205. The van der Waals surface area contributed by atoms with Gasteiger partial charge in [-0.2, -0.15) is 26.3 Å². The summed E-state index contributed by atoms with van der Waals surface area (Å²) in [6.07, 6.45) is -10.0. The van der Waals surface area contributed by atoms with Gasteiger partial charge >= 0.3 is 24.3 Å². The molecule has 15 heteroatoms. The summed E-state index contributed by atoms with van der Waals surface area (Å²) in [5.41, 5.74) is 3.45. The number of H-pyrrole nitrogens is 1. The Kier molecular flexibility index (Phi) is 8.99. The fourth-order valence-electron chi connectivity index (χ4n) is 3.60. The molecule has 0 bridgehead atoms. The van der Waals surface area contributed by atoms with Crippen LogP contribution in [0.4, 0.5) is 26.3 Å². The van der Waals surface area contributed by atoms with E-state index in [2.05, 4.69) is 29.7 Å². The number of benzene rings is 2. The molecular formula is C27H22F6N4O5. The third-order valence-electron chi connectivity index (χ3n) is 5.61. The standard InChI is InChI=1S/C27H22F6N4O5/c1-15-10-21-23(35-11-15)37-22(36-21)17-4-8-18(9-5-17)40-14-20(42-25(39)27(31,32)33)13-34-12-16-2-6-19(7-3-16)41-24(38)26(28,29)30/h2-11,20,34H,12-14H2,1H3,(H,35,36,37). The van der Waals surface area contributed by atoms with Crippen molar-refractivity contribution < 1.29 is 50.1 Å².